The van der Waals surface area contributed by atoms with Crippen LogP contribution in [0.4, 0.5) is 5.69 Å². The van der Waals surface area contributed by atoms with Gasteiger partial charge in [0.05, 0.1) is 4.90 Å². The average molecular weight is 363 g/mol. The number of piperidine rings is 1. The molecule has 0 bridgehead atoms. The number of nitrogens with two attached hydrogens (primary N) is 1. The van der Waals surface area contributed by atoms with Crippen molar-refractivity contribution in [3.63, 3.8) is 0 Å². The topological polar surface area (TPSA) is 83.6 Å². The normalized spacial score (nSPS) is 18.4. The van der Waals surface area contributed by atoms with E-state index in [0.717, 1.165) is 0 Å². The largest absolute Gasteiger partial charge is 0.398 e. The summed E-state index contributed by atoms with van der Waals surface area (Å²) in [4.78, 5) is 0.264. The first-order chi connectivity index (χ1) is 9.36. The molecule has 20 heavy (non-hydrogen) atoms. The van der Waals surface area contributed by atoms with Gasteiger partial charge in [-0.3, -0.25) is 0 Å². The van der Waals surface area contributed by atoms with Gasteiger partial charge in [0.25, 0.3) is 0 Å². The number of benzene rings is 1. The summed E-state index contributed by atoms with van der Waals surface area (Å²) in [6.45, 7) is 2.78. The van der Waals surface area contributed by atoms with Crippen molar-refractivity contribution in [3.05, 3.63) is 22.2 Å². The highest BCUT2D eigenvalue weighted by Gasteiger charge is 2.30. The summed E-state index contributed by atoms with van der Waals surface area (Å²) in [5.74, 6) is 0.206. The maximum atomic E-state index is 12.7. The highest BCUT2D eigenvalue weighted by atomic mass is 79.9. The van der Waals surface area contributed by atoms with Crippen molar-refractivity contribution in [1.82, 2.24) is 4.31 Å². The van der Waals surface area contributed by atoms with E-state index in [9.17, 15) is 8.42 Å². The lowest BCUT2D eigenvalue weighted by atomic mass is 10.00. The van der Waals surface area contributed by atoms with Crippen LogP contribution in [0.25, 0.3) is 0 Å². The second-order valence-electron chi connectivity index (χ2n) is 5.17. The van der Waals surface area contributed by atoms with Crippen LogP contribution in [0.3, 0.4) is 0 Å². The van der Waals surface area contributed by atoms with Crippen LogP contribution in [0, 0.1) is 12.8 Å². The average Bonchev–Trinajstić information content (AvgIpc) is 2.42. The Morgan fingerprint density at radius 1 is 1.40 bits per heavy atom. The third-order valence-electron chi connectivity index (χ3n) is 3.74. The van der Waals surface area contributed by atoms with Crippen molar-refractivity contribution in [3.8, 4) is 0 Å². The molecule has 1 saturated heterocycles. The molecule has 0 aromatic heterocycles. The Balaban J connectivity index is 2.30. The number of hydrogen-bond acceptors (Lipinski definition) is 4. The van der Waals surface area contributed by atoms with Gasteiger partial charge in [0.2, 0.25) is 10.0 Å². The van der Waals surface area contributed by atoms with Crippen LogP contribution in [0.15, 0.2) is 21.5 Å². The summed E-state index contributed by atoms with van der Waals surface area (Å²) < 4.78 is 27.5. The quantitative estimate of drug-likeness (QED) is 0.802. The molecule has 1 fully saturated rings. The van der Waals surface area contributed by atoms with Gasteiger partial charge < -0.3 is 10.8 Å². The van der Waals surface area contributed by atoms with E-state index >= 15 is 0 Å². The summed E-state index contributed by atoms with van der Waals surface area (Å²) in [7, 11) is -3.51. The molecular formula is C13H19BrN2O3S. The first-order valence-electron chi connectivity index (χ1n) is 6.53. The van der Waals surface area contributed by atoms with Crippen LogP contribution >= 0.6 is 15.9 Å². The van der Waals surface area contributed by atoms with Crippen molar-refractivity contribution in [1.29, 1.82) is 0 Å². The van der Waals surface area contributed by atoms with E-state index in [-0.39, 0.29) is 17.4 Å². The number of aryl methyl sites for hydroxylation is 1. The van der Waals surface area contributed by atoms with Gasteiger partial charge in [-0.05, 0) is 59.3 Å². The van der Waals surface area contributed by atoms with E-state index in [1.807, 2.05) is 0 Å². The maximum Gasteiger partial charge on any atom is 0.243 e. The number of rotatable bonds is 3. The molecule has 0 amide bonds. The second-order valence-corrected chi connectivity index (χ2v) is 7.93. The highest BCUT2D eigenvalue weighted by Crippen LogP contribution is 2.30. The highest BCUT2D eigenvalue weighted by molar-refractivity contribution is 9.10. The Kier molecular flexibility index (Phi) is 4.73. The summed E-state index contributed by atoms with van der Waals surface area (Å²) in [6.07, 6.45) is 1.39. The molecule has 1 aromatic rings. The van der Waals surface area contributed by atoms with Crippen LogP contribution in [0.2, 0.25) is 0 Å². The molecule has 0 radical (unpaired) electrons. The molecule has 1 aliphatic heterocycles. The second kappa shape index (κ2) is 6.01. The minimum absolute atomic E-state index is 0.123. The lowest BCUT2D eigenvalue weighted by molar-refractivity contribution is 0.170. The predicted molar refractivity (Wildman–Crippen MR) is 81.9 cm³/mol. The molecule has 0 aliphatic carbocycles. The van der Waals surface area contributed by atoms with Gasteiger partial charge >= 0.3 is 0 Å². The Bertz CT molecular complexity index is 596. The summed E-state index contributed by atoms with van der Waals surface area (Å²) >= 11 is 3.30. The van der Waals surface area contributed by atoms with Gasteiger partial charge in [0.15, 0.2) is 0 Å². The van der Waals surface area contributed by atoms with Crippen LogP contribution < -0.4 is 5.73 Å². The Labute approximate surface area is 128 Å². The number of aliphatic hydroxyl groups excluding tert-OH is 1. The van der Waals surface area contributed by atoms with Gasteiger partial charge in [-0.15, -0.1) is 0 Å². The van der Waals surface area contributed by atoms with Crippen LogP contribution in [-0.4, -0.2) is 37.5 Å². The van der Waals surface area contributed by atoms with Crippen molar-refractivity contribution in [2.75, 3.05) is 25.4 Å². The Morgan fingerprint density at radius 3 is 2.55 bits per heavy atom. The molecule has 0 atom stereocenters. The number of halogens is 1. The lowest BCUT2D eigenvalue weighted by Gasteiger charge is -2.30. The zero-order chi connectivity index (χ0) is 14.9. The Hall–Kier alpha value is -0.630. The molecule has 0 unspecified atom stereocenters. The van der Waals surface area contributed by atoms with Crippen LogP contribution in [0.1, 0.15) is 18.4 Å². The fourth-order valence-corrected chi connectivity index (χ4v) is 4.59. The zero-order valence-electron chi connectivity index (χ0n) is 11.3. The Morgan fingerprint density at radius 2 is 2.00 bits per heavy atom. The molecule has 3 N–H and O–H groups in total. The van der Waals surface area contributed by atoms with E-state index in [0.29, 0.717) is 41.7 Å². The molecule has 7 heteroatoms. The minimum Gasteiger partial charge on any atom is -0.398 e. The standard InChI is InChI=1S/C13H19BrN2O3S/c1-9-6-11(14)12(15)7-13(9)20(18,19)16-4-2-10(8-17)3-5-16/h6-7,10,17H,2-5,8,15H2,1H3. The van der Waals surface area contributed by atoms with Crippen molar-refractivity contribution < 1.29 is 13.5 Å². The smallest absolute Gasteiger partial charge is 0.243 e. The fraction of sp³-hybridized carbons (Fsp3) is 0.538. The van der Waals surface area contributed by atoms with E-state index in [4.69, 9.17) is 10.8 Å². The van der Waals surface area contributed by atoms with Gasteiger partial charge in [-0.2, -0.15) is 4.31 Å². The van der Waals surface area contributed by atoms with Crippen LogP contribution in [-0.2, 0) is 10.0 Å². The monoisotopic (exact) mass is 362 g/mol. The van der Waals surface area contributed by atoms with Gasteiger partial charge in [-0.25, -0.2) is 8.42 Å². The minimum atomic E-state index is -3.51. The van der Waals surface area contributed by atoms with E-state index in [1.54, 1.807) is 13.0 Å². The number of anilines is 1. The molecular weight excluding hydrogens is 344 g/mol. The lowest BCUT2D eigenvalue weighted by Crippen LogP contribution is -2.39. The molecule has 0 saturated carbocycles. The SMILES string of the molecule is Cc1cc(Br)c(N)cc1S(=O)(=O)N1CCC(CO)CC1. The molecule has 112 valence electrons. The van der Waals surface area contributed by atoms with E-state index < -0.39 is 10.0 Å². The summed E-state index contributed by atoms with van der Waals surface area (Å²) in [6, 6.07) is 3.23. The molecule has 1 aliphatic rings. The third kappa shape index (κ3) is 3.00. The van der Waals surface area contributed by atoms with E-state index in [1.165, 1.54) is 10.4 Å². The van der Waals surface area contributed by atoms with Crippen LogP contribution in [0.5, 0.6) is 0 Å². The third-order valence-corrected chi connectivity index (χ3v) is 6.47. The number of nitrogen functional groups attached to an aromatic ring is 1. The van der Waals surface area contributed by atoms with Gasteiger partial charge in [0, 0.05) is 29.9 Å². The van der Waals surface area contributed by atoms with Gasteiger partial charge in [-0.1, -0.05) is 0 Å². The maximum absolute atomic E-state index is 12.7. The first kappa shape index (κ1) is 15.8. The van der Waals surface area contributed by atoms with Gasteiger partial charge in [0.1, 0.15) is 0 Å². The zero-order valence-corrected chi connectivity index (χ0v) is 13.7. The summed E-state index contributed by atoms with van der Waals surface area (Å²) in [5.41, 5.74) is 6.89. The van der Waals surface area contributed by atoms with E-state index in [2.05, 4.69) is 15.9 Å². The molecule has 2 rings (SSSR count). The van der Waals surface area contributed by atoms with Crippen molar-refractivity contribution >= 4 is 31.6 Å². The fourth-order valence-electron chi connectivity index (χ4n) is 2.42. The summed E-state index contributed by atoms with van der Waals surface area (Å²) in [5, 5.41) is 9.12. The number of sulfonamides is 1. The molecule has 5 nitrogen and oxygen atoms in total. The molecule has 1 heterocycles. The molecule has 1 aromatic carbocycles. The van der Waals surface area contributed by atoms with Crippen molar-refractivity contribution in [2.24, 2.45) is 5.92 Å². The number of hydrogen-bond donors (Lipinski definition) is 2. The van der Waals surface area contributed by atoms with Crippen molar-refractivity contribution in [2.45, 2.75) is 24.7 Å². The predicted octanol–water partition coefficient (Wildman–Crippen LogP) is 1.73. The first-order valence-corrected chi connectivity index (χ1v) is 8.76. The molecule has 0 spiro atoms. The number of nitrogens with zero attached hydrogens (tertiary/aromatic N) is 1. The number of aliphatic hydroxyl groups is 1.